The molecule has 1 fully saturated rings. The zero-order valence-electron chi connectivity index (χ0n) is 20.3. The van der Waals surface area contributed by atoms with Gasteiger partial charge in [0, 0.05) is 38.3 Å². The molecule has 1 unspecified atom stereocenters. The molecule has 1 aliphatic heterocycles. The van der Waals surface area contributed by atoms with Gasteiger partial charge >= 0.3 is 6.09 Å². The highest BCUT2D eigenvalue weighted by molar-refractivity contribution is 5.94. The average Bonchev–Trinajstić information content (AvgIpc) is 2.86. The fraction of sp³-hybridized carbons (Fsp3) is 0.444. The molecule has 3 amide bonds. The van der Waals surface area contributed by atoms with Crippen molar-refractivity contribution in [1.82, 2.24) is 15.1 Å². The smallest absolute Gasteiger partial charge is 0.410 e. The van der Waals surface area contributed by atoms with Gasteiger partial charge in [-0.25, -0.2) is 4.79 Å². The van der Waals surface area contributed by atoms with E-state index in [9.17, 15) is 14.4 Å². The number of ether oxygens (including phenoxy) is 1. The third kappa shape index (κ3) is 6.16. The van der Waals surface area contributed by atoms with Crippen molar-refractivity contribution in [2.45, 2.75) is 39.5 Å². The molecule has 2 aromatic carbocycles. The van der Waals surface area contributed by atoms with Crippen LogP contribution in [0, 0.1) is 5.92 Å². The SMILES string of the molecule is CCNC(=O)C(c1ccccc1)C1CCN(C(=O)Oc2ccc(C(=O)N(CC)CC)cc2)CC1. The normalized spacial score (nSPS) is 14.9. The third-order valence-corrected chi connectivity index (χ3v) is 6.42. The monoisotopic (exact) mass is 465 g/mol. The summed E-state index contributed by atoms with van der Waals surface area (Å²) in [6.07, 6.45) is 1.04. The first-order valence-electron chi connectivity index (χ1n) is 12.2. The summed E-state index contributed by atoms with van der Waals surface area (Å²) in [4.78, 5) is 41.4. The quantitative estimate of drug-likeness (QED) is 0.631. The Morgan fingerprint density at radius 1 is 0.971 bits per heavy atom. The van der Waals surface area contributed by atoms with E-state index in [1.165, 1.54) is 0 Å². The summed E-state index contributed by atoms with van der Waals surface area (Å²) < 4.78 is 5.55. The minimum Gasteiger partial charge on any atom is -0.410 e. The van der Waals surface area contributed by atoms with Crippen molar-refractivity contribution < 1.29 is 19.1 Å². The van der Waals surface area contributed by atoms with Crippen LogP contribution in [0.15, 0.2) is 54.6 Å². The molecule has 0 bridgehead atoms. The minimum atomic E-state index is -0.407. The van der Waals surface area contributed by atoms with Gasteiger partial charge < -0.3 is 19.9 Å². The van der Waals surface area contributed by atoms with Gasteiger partial charge in [0.15, 0.2) is 0 Å². The number of benzene rings is 2. The summed E-state index contributed by atoms with van der Waals surface area (Å²) >= 11 is 0. The number of nitrogens with zero attached hydrogens (tertiary/aromatic N) is 2. The first-order chi connectivity index (χ1) is 16.5. The molecular weight excluding hydrogens is 430 g/mol. The van der Waals surface area contributed by atoms with Crippen molar-refractivity contribution in [2.75, 3.05) is 32.7 Å². The molecule has 1 saturated heterocycles. The second-order valence-corrected chi connectivity index (χ2v) is 8.48. The Morgan fingerprint density at radius 2 is 1.59 bits per heavy atom. The average molecular weight is 466 g/mol. The maximum Gasteiger partial charge on any atom is 0.415 e. The molecule has 0 aliphatic carbocycles. The van der Waals surface area contributed by atoms with E-state index in [2.05, 4.69) is 5.32 Å². The van der Waals surface area contributed by atoms with Gasteiger partial charge in [-0.2, -0.15) is 0 Å². The van der Waals surface area contributed by atoms with Crippen molar-refractivity contribution in [3.05, 3.63) is 65.7 Å². The van der Waals surface area contributed by atoms with E-state index in [-0.39, 0.29) is 23.7 Å². The topological polar surface area (TPSA) is 79.0 Å². The summed E-state index contributed by atoms with van der Waals surface area (Å²) in [5.74, 6) is 0.338. The predicted molar refractivity (Wildman–Crippen MR) is 132 cm³/mol. The van der Waals surface area contributed by atoms with E-state index >= 15 is 0 Å². The zero-order chi connectivity index (χ0) is 24.5. The fourth-order valence-electron chi connectivity index (χ4n) is 4.52. The van der Waals surface area contributed by atoms with Crippen molar-refractivity contribution in [3.8, 4) is 5.75 Å². The molecule has 2 aromatic rings. The van der Waals surface area contributed by atoms with Crippen LogP contribution >= 0.6 is 0 Å². The summed E-state index contributed by atoms with van der Waals surface area (Å²) in [7, 11) is 0. The Balaban J connectivity index is 1.58. The number of carbonyl (C=O) groups is 3. The van der Waals surface area contributed by atoms with Crippen LogP contribution in [-0.2, 0) is 4.79 Å². The molecule has 0 radical (unpaired) electrons. The highest BCUT2D eigenvalue weighted by Crippen LogP contribution is 2.33. The zero-order valence-corrected chi connectivity index (χ0v) is 20.3. The van der Waals surface area contributed by atoms with Gasteiger partial charge in [-0.3, -0.25) is 9.59 Å². The molecule has 7 nitrogen and oxygen atoms in total. The first-order valence-corrected chi connectivity index (χ1v) is 12.2. The second kappa shape index (κ2) is 12.2. The number of likely N-dealkylation sites (N-methyl/N-ethyl adjacent to an activating group) is 1. The molecule has 1 heterocycles. The van der Waals surface area contributed by atoms with Gasteiger partial charge in [-0.1, -0.05) is 30.3 Å². The van der Waals surface area contributed by atoms with E-state index in [1.54, 1.807) is 34.1 Å². The summed E-state index contributed by atoms with van der Waals surface area (Å²) in [6.45, 7) is 8.76. The molecule has 7 heteroatoms. The number of amides is 3. The lowest BCUT2D eigenvalue weighted by atomic mass is 9.79. The van der Waals surface area contributed by atoms with Crippen molar-refractivity contribution in [1.29, 1.82) is 0 Å². The molecule has 1 aliphatic rings. The van der Waals surface area contributed by atoms with Crippen LogP contribution in [0.2, 0.25) is 0 Å². The van der Waals surface area contributed by atoms with Crippen LogP contribution in [0.1, 0.15) is 55.5 Å². The highest BCUT2D eigenvalue weighted by Gasteiger charge is 2.34. The molecule has 1 N–H and O–H groups in total. The minimum absolute atomic E-state index is 0.0362. The van der Waals surface area contributed by atoms with Crippen LogP contribution in [0.25, 0.3) is 0 Å². The van der Waals surface area contributed by atoms with E-state index in [0.29, 0.717) is 44.0 Å². The second-order valence-electron chi connectivity index (χ2n) is 8.48. The van der Waals surface area contributed by atoms with Crippen LogP contribution < -0.4 is 10.1 Å². The maximum atomic E-state index is 12.8. The molecule has 182 valence electrons. The Kier molecular flexibility index (Phi) is 9.08. The van der Waals surface area contributed by atoms with E-state index in [4.69, 9.17) is 4.74 Å². The van der Waals surface area contributed by atoms with Gasteiger partial charge in [0.25, 0.3) is 5.91 Å². The maximum absolute atomic E-state index is 12.8. The van der Waals surface area contributed by atoms with E-state index < -0.39 is 6.09 Å². The lowest BCUT2D eigenvalue weighted by Crippen LogP contribution is -2.43. The molecule has 1 atom stereocenters. The molecule has 0 spiro atoms. The number of nitrogens with one attached hydrogen (secondary N) is 1. The molecular formula is C27H35N3O4. The van der Waals surface area contributed by atoms with Crippen LogP contribution in [0.4, 0.5) is 4.79 Å². The highest BCUT2D eigenvalue weighted by atomic mass is 16.6. The number of piperidine rings is 1. The van der Waals surface area contributed by atoms with Crippen LogP contribution in [0.3, 0.4) is 0 Å². The fourth-order valence-corrected chi connectivity index (χ4v) is 4.52. The molecule has 34 heavy (non-hydrogen) atoms. The number of hydrogen-bond acceptors (Lipinski definition) is 4. The number of hydrogen-bond donors (Lipinski definition) is 1. The summed E-state index contributed by atoms with van der Waals surface area (Å²) in [5, 5.41) is 2.96. The van der Waals surface area contributed by atoms with Gasteiger partial charge in [-0.05, 0) is 69.4 Å². The molecule has 3 rings (SSSR count). The first kappa shape index (κ1) is 25.3. The van der Waals surface area contributed by atoms with Crippen LogP contribution in [0.5, 0.6) is 5.75 Å². The Labute approximate surface area is 202 Å². The number of likely N-dealkylation sites (tertiary alicyclic amines) is 1. The summed E-state index contributed by atoms with van der Waals surface area (Å²) in [5.41, 5.74) is 1.58. The standard InChI is InChI=1S/C27H35N3O4/c1-4-28-25(31)24(20-10-8-7-9-11-20)21-16-18-30(19-17-21)27(33)34-23-14-12-22(13-15-23)26(32)29(5-2)6-3/h7-15,21,24H,4-6,16-19H2,1-3H3,(H,28,31). The van der Waals surface area contributed by atoms with Crippen molar-refractivity contribution in [2.24, 2.45) is 5.92 Å². The lowest BCUT2D eigenvalue weighted by molar-refractivity contribution is -0.124. The lowest BCUT2D eigenvalue weighted by Gasteiger charge is -2.35. The predicted octanol–water partition coefficient (Wildman–Crippen LogP) is 4.30. The van der Waals surface area contributed by atoms with Crippen molar-refractivity contribution in [3.63, 3.8) is 0 Å². The molecule has 0 saturated carbocycles. The van der Waals surface area contributed by atoms with Crippen molar-refractivity contribution >= 4 is 17.9 Å². The van der Waals surface area contributed by atoms with Gasteiger partial charge in [0.2, 0.25) is 5.91 Å². The van der Waals surface area contributed by atoms with E-state index in [0.717, 1.165) is 18.4 Å². The van der Waals surface area contributed by atoms with Gasteiger partial charge in [0.05, 0.1) is 5.92 Å². The molecule has 0 aromatic heterocycles. The largest absolute Gasteiger partial charge is 0.415 e. The number of carbonyl (C=O) groups excluding carboxylic acids is 3. The third-order valence-electron chi connectivity index (χ3n) is 6.42. The summed E-state index contributed by atoms with van der Waals surface area (Å²) in [6, 6.07) is 16.5. The van der Waals surface area contributed by atoms with Gasteiger partial charge in [0.1, 0.15) is 5.75 Å². The Hall–Kier alpha value is -3.35. The Morgan fingerprint density at radius 3 is 2.15 bits per heavy atom. The van der Waals surface area contributed by atoms with E-state index in [1.807, 2.05) is 51.1 Å². The van der Waals surface area contributed by atoms with Crippen LogP contribution in [-0.4, -0.2) is 60.4 Å². The Bertz CT molecular complexity index is 950. The van der Waals surface area contributed by atoms with Gasteiger partial charge in [-0.15, -0.1) is 0 Å². The number of rotatable bonds is 8.